The van der Waals surface area contributed by atoms with E-state index in [1.54, 1.807) is 0 Å². The zero-order valence-electron chi connectivity index (χ0n) is 14.1. The average Bonchev–Trinajstić information content (AvgIpc) is 3.06. The van der Waals surface area contributed by atoms with Crippen molar-refractivity contribution < 1.29 is 0 Å². The van der Waals surface area contributed by atoms with Gasteiger partial charge in [-0.3, -0.25) is 4.68 Å². The van der Waals surface area contributed by atoms with Crippen LogP contribution in [0.1, 0.15) is 51.9 Å². The number of nitrogens with one attached hydrogen (secondary N) is 1. The van der Waals surface area contributed by atoms with Crippen molar-refractivity contribution in [3.8, 4) is 0 Å². The molecule has 0 spiro atoms. The number of rotatable bonds is 6. The summed E-state index contributed by atoms with van der Waals surface area (Å²) in [6, 6.07) is 3.61. The molecule has 2 fully saturated rings. The van der Waals surface area contributed by atoms with Gasteiger partial charge in [0.2, 0.25) is 0 Å². The van der Waals surface area contributed by atoms with Crippen molar-refractivity contribution in [1.82, 2.24) is 20.0 Å². The van der Waals surface area contributed by atoms with Crippen LogP contribution in [-0.2, 0) is 6.54 Å². The predicted molar refractivity (Wildman–Crippen MR) is 90.9 cm³/mol. The van der Waals surface area contributed by atoms with Gasteiger partial charge in [0.25, 0.3) is 0 Å². The molecule has 1 aliphatic heterocycles. The Hall–Kier alpha value is -0.870. The van der Waals surface area contributed by atoms with Crippen LogP contribution in [0.2, 0.25) is 0 Å². The van der Waals surface area contributed by atoms with Gasteiger partial charge in [0, 0.05) is 31.0 Å². The second-order valence-electron chi connectivity index (χ2n) is 7.31. The lowest BCUT2D eigenvalue weighted by molar-refractivity contribution is 0.100. The van der Waals surface area contributed by atoms with Crippen molar-refractivity contribution in [2.24, 2.45) is 5.92 Å². The number of hydrogen-bond donors (Lipinski definition) is 1. The highest BCUT2D eigenvalue weighted by Crippen LogP contribution is 2.29. The topological polar surface area (TPSA) is 33.1 Å². The molecule has 4 nitrogen and oxygen atoms in total. The molecule has 1 N–H and O–H groups in total. The fourth-order valence-corrected chi connectivity index (χ4v) is 4.18. The van der Waals surface area contributed by atoms with E-state index in [4.69, 9.17) is 0 Å². The van der Waals surface area contributed by atoms with Crippen LogP contribution in [0.5, 0.6) is 0 Å². The molecule has 2 atom stereocenters. The minimum atomic E-state index is 0.731. The molecule has 0 unspecified atom stereocenters. The molecule has 0 aromatic carbocycles. The number of nitrogens with zero attached hydrogens (tertiary/aromatic N) is 3. The van der Waals surface area contributed by atoms with E-state index in [2.05, 4.69) is 22.2 Å². The van der Waals surface area contributed by atoms with E-state index in [0.717, 1.165) is 31.1 Å². The van der Waals surface area contributed by atoms with Crippen molar-refractivity contribution >= 4 is 0 Å². The molecule has 124 valence electrons. The normalized spacial score (nSPS) is 28.0. The van der Waals surface area contributed by atoms with Crippen LogP contribution < -0.4 is 5.32 Å². The Morgan fingerprint density at radius 3 is 2.77 bits per heavy atom. The third-order valence-electron chi connectivity index (χ3n) is 5.51. The van der Waals surface area contributed by atoms with E-state index in [1.807, 2.05) is 23.1 Å². The van der Waals surface area contributed by atoms with Gasteiger partial charge in [-0.25, -0.2) is 0 Å². The van der Waals surface area contributed by atoms with Crippen molar-refractivity contribution in [3.05, 3.63) is 18.5 Å². The standard InChI is InChI=1S/C18H32N4/c1-16-5-2-6-18(15-16)21-13-7-17(8-14-21)19-9-3-11-22-12-4-10-20-22/h4,10,12,16-19H,2-3,5-9,11,13-15H2,1H3/t16-,18+/m1/s1. The molecule has 2 aliphatic rings. The zero-order valence-corrected chi connectivity index (χ0v) is 14.1. The fraction of sp³-hybridized carbons (Fsp3) is 0.833. The number of aryl methyl sites for hydroxylation is 1. The summed E-state index contributed by atoms with van der Waals surface area (Å²) in [6.45, 7) is 7.17. The van der Waals surface area contributed by atoms with Crippen LogP contribution in [0, 0.1) is 5.92 Å². The van der Waals surface area contributed by atoms with Gasteiger partial charge in [0.1, 0.15) is 0 Å². The molecular formula is C18H32N4. The highest BCUT2D eigenvalue weighted by molar-refractivity contribution is 4.84. The summed E-state index contributed by atoms with van der Waals surface area (Å²) in [4.78, 5) is 2.78. The molecule has 1 aliphatic carbocycles. The van der Waals surface area contributed by atoms with Gasteiger partial charge < -0.3 is 10.2 Å². The Kier molecular flexibility index (Phi) is 5.90. The average molecular weight is 304 g/mol. The maximum Gasteiger partial charge on any atom is 0.0489 e. The van der Waals surface area contributed by atoms with Gasteiger partial charge >= 0.3 is 0 Å². The Morgan fingerprint density at radius 1 is 1.18 bits per heavy atom. The van der Waals surface area contributed by atoms with Crippen LogP contribution in [0.3, 0.4) is 0 Å². The highest BCUT2D eigenvalue weighted by Gasteiger charge is 2.27. The monoisotopic (exact) mass is 304 g/mol. The number of hydrogen-bond acceptors (Lipinski definition) is 3. The summed E-state index contributed by atoms with van der Waals surface area (Å²) in [5, 5.41) is 8.00. The lowest BCUT2D eigenvalue weighted by Crippen LogP contribution is -2.48. The van der Waals surface area contributed by atoms with Crippen molar-refractivity contribution in [2.45, 2.75) is 70.5 Å². The lowest BCUT2D eigenvalue weighted by atomic mass is 9.85. The van der Waals surface area contributed by atoms with E-state index >= 15 is 0 Å². The Morgan fingerprint density at radius 2 is 2.05 bits per heavy atom. The second kappa shape index (κ2) is 8.11. The minimum absolute atomic E-state index is 0.731. The molecule has 1 saturated carbocycles. The van der Waals surface area contributed by atoms with Gasteiger partial charge in [-0.1, -0.05) is 19.8 Å². The zero-order chi connectivity index (χ0) is 15.2. The molecule has 2 heterocycles. The van der Waals surface area contributed by atoms with Crippen molar-refractivity contribution in [3.63, 3.8) is 0 Å². The third kappa shape index (κ3) is 4.56. The van der Waals surface area contributed by atoms with Crippen LogP contribution >= 0.6 is 0 Å². The number of aromatic nitrogens is 2. The van der Waals surface area contributed by atoms with Gasteiger partial charge in [-0.15, -0.1) is 0 Å². The summed E-state index contributed by atoms with van der Waals surface area (Å²) < 4.78 is 2.02. The first-order valence-corrected chi connectivity index (χ1v) is 9.26. The van der Waals surface area contributed by atoms with E-state index in [0.29, 0.717) is 0 Å². The van der Waals surface area contributed by atoms with Crippen LogP contribution in [0.4, 0.5) is 0 Å². The highest BCUT2D eigenvalue weighted by atomic mass is 15.3. The van der Waals surface area contributed by atoms with Gasteiger partial charge in [0.15, 0.2) is 0 Å². The summed E-state index contributed by atoms with van der Waals surface area (Å²) >= 11 is 0. The predicted octanol–water partition coefficient (Wildman–Crippen LogP) is 2.91. The quantitative estimate of drug-likeness (QED) is 0.820. The molecule has 0 radical (unpaired) electrons. The second-order valence-corrected chi connectivity index (χ2v) is 7.31. The molecule has 0 bridgehead atoms. The minimum Gasteiger partial charge on any atom is -0.314 e. The van der Waals surface area contributed by atoms with E-state index in [-0.39, 0.29) is 0 Å². The lowest BCUT2D eigenvalue weighted by Gasteiger charge is -2.41. The smallest absolute Gasteiger partial charge is 0.0489 e. The molecule has 1 aromatic heterocycles. The summed E-state index contributed by atoms with van der Waals surface area (Å²) in [5.41, 5.74) is 0. The first kappa shape index (κ1) is 16.0. The molecule has 22 heavy (non-hydrogen) atoms. The first-order valence-electron chi connectivity index (χ1n) is 9.26. The maximum atomic E-state index is 4.25. The summed E-state index contributed by atoms with van der Waals surface area (Å²) in [6.07, 6.45) is 13.5. The van der Waals surface area contributed by atoms with Crippen LogP contribution in [-0.4, -0.2) is 46.4 Å². The Labute approximate surface area is 135 Å². The molecule has 1 saturated heterocycles. The SMILES string of the molecule is C[C@@H]1CCC[C@H](N2CCC(NCCCn3cccn3)CC2)C1. The molecular weight excluding hydrogens is 272 g/mol. The van der Waals surface area contributed by atoms with Crippen molar-refractivity contribution in [1.29, 1.82) is 0 Å². The van der Waals surface area contributed by atoms with E-state index in [1.165, 1.54) is 58.0 Å². The molecule has 0 amide bonds. The summed E-state index contributed by atoms with van der Waals surface area (Å²) in [5.74, 6) is 0.942. The van der Waals surface area contributed by atoms with Crippen LogP contribution in [0.15, 0.2) is 18.5 Å². The van der Waals surface area contributed by atoms with Crippen molar-refractivity contribution in [2.75, 3.05) is 19.6 Å². The first-order chi connectivity index (χ1) is 10.8. The van der Waals surface area contributed by atoms with E-state index in [9.17, 15) is 0 Å². The van der Waals surface area contributed by atoms with Gasteiger partial charge in [0.05, 0.1) is 0 Å². The number of piperidine rings is 1. The van der Waals surface area contributed by atoms with Crippen LogP contribution in [0.25, 0.3) is 0 Å². The maximum absolute atomic E-state index is 4.25. The third-order valence-corrected chi connectivity index (χ3v) is 5.51. The fourth-order valence-electron chi connectivity index (χ4n) is 4.18. The summed E-state index contributed by atoms with van der Waals surface area (Å²) in [7, 11) is 0. The molecule has 4 heteroatoms. The Bertz CT molecular complexity index is 409. The van der Waals surface area contributed by atoms with E-state index < -0.39 is 0 Å². The largest absolute Gasteiger partial charge is 0.314 e. The van der Waals surface area contributed by atoms with Gasteiger partial charge in [-0.2, -0.15) is 5.10 Å². The molecule has 3 rings (SSSR count). The molecule has 1 aromatic rings. The number of likely N-dealkylation sites (tertiary alicyclic amines) is 1. The van der Waals surface area contributed by atoms with Gasteiger partial charge in [-0.05, 0) is 63.7 Å². The Balaban J connectivity index is 1.30.